The summed E-state index contributed by atoms with van der Waals surface area (Å²) in [6, 6.07) is 13.6. The van der Waals surface area contributed by atoms with Gasteiger partial charge in [-0.1, -0.05) is 41.9 Å². The highest BCUT2D eigenvalue weighted by molar-refractivity contribution is 6.31. The molecule has 0 radical (unpaired) electrons. The number of carbonyl (C=O) groups excluding carboxylic acids is 1. The summed E-state index contributed by atoms with van der Waals surface area (Å²) in [6.45, 7) is 4.22. The highest BCUT2D eigenvalue weighted by atomic mass is 35.5. The second-order valence-electron chi connectivity index (χ2n) is 6.75. The molecule has 4 rings (SSSR count). The minimum Gasteiger partial charge on any atom is -0.354 e. The van der Waals surface area contributed by atoms with E-state index in [0.29, 0.717) is 11.6 Å². The van der Waals surface area contributed by atoms with Crippen molar-refractivity contribution in [2.24, 2.45) is 0 Å². The van der Waals surface area contributed by atoms with E-state index in [1.165, 1.54) is 17.3 Å². The highest BCUT2D eigenvalue weighted by Crippen LogP contribution is 2.33. The molecule has 1 unspecified atom stereocenters. The monoisotopic (exact) mass is 393 g/mol. The average Bonchev–Trinajstić information content (AvgIpc) is 3.35. The Labute approximate surface area is 167 Å². The summed E-state index contributed by atoms with van der Waals surface area (Å²) in [5.74, 6) is -0.134. The van der Waals surface area contributed by atoms with E-state index in [-0.39, 0.29) is 5.91 Å². The number of halogens is 1. The molecule has 1 atom stereocenters. The molecule has 0 fully saturated rings. The molecule has 0 saturated heterocycles. The number of aromatic amines is 1. The number of aryl methyl sites for hydroxylation is 1. The van der Waals surface area contributed by atoms with Crippen molar-refractivity contribution < 1.29 is 4.79 Å². The van der Waals surface area contributed by atoms with Crippen molar-refractivity contribution in [2.75, 3.05) is 0 Å². The van der Waals surface area contributed by atoms with Crippen LogP contribution in [0.2, 0.25) is 5.02 Å². The molecule has 6 nitrogen and oxygen atoms in total. The second-order valence-corrected chi connectivity index (χ2v) is 7.18. The lowest BCUT2D eigenvalue weighted by molar-refractivity contribution is -0.124. The van der Waals surface area contributed by atoms with Gasteiger partial charge < -0.3 is 10.3 Å². The first-order chi connectivity index (χ1) is 13.5. The van der Waals surface area contributed by atoms with Crippen molar-refractivity contribution in [1.82, 2.24) is 25.1 Å². The summed E-state index contributed by atoms with van der Waals surface area (Å²) in [7, 11) is 0. The summed E-state index contributed by atoms with van der Waals surface area (Å²) in [5, 5.41) is 8.69. The van der Waals surface area contributed by atoms with Crippen molar-refractivity contribution in [3.63, 3.8) is 0 Å². The van der Waals surface area contributed by atoms with Gasteiger partial charge in [-0.05, 0) is 42.7 Å². The number of fused-ring (bicyclic) bond motifs is 1. The van der Waals surface area contributed by atoms with Gasteiger partial charge in [0.05, 0.1) is 5.52 Å². The standard InChI is InChI=1S/C21H20ClN5O/c1-13-18-9-17(22)8-16(10-24-21(28)14(2)27-12-23-11-25-27)20(18)26-19(13)15-6-4-3-5-7-15/h3-9,11-12,14,26H,10H2,1-2H3,(H,24,28). The Bertz CT molecular complexity index is 1120. The van der Waals surface area contributed by atoms with E-state index in [2.05, 4.69) is 39.4 Å². The van der Waals surface area contributed by atoms with Gasteiger partial charge in [-0.15, -0.1) is 0 Å². The van der Waals surface area contributed by atoms with E-state index in [0.717, 1.165) is 33.3 Å². The minimum atomic E-state index is -0.442. The van der Waals surface area contributed by atoms with Crippen LogP contribution >= 0.6 is 11.6 Å². The molecule has 28 heavy (non-hydrogen) atoms. The Morgan fingerprint density at radius 3 is 2.79 bits per heavy atom. The van der Waals surface area contributed by atoms with E-state index >= 15 is 0 Å². The number of amides is 1. The number of aromatic nitrogens is 4. The molecule has 0 aliphatic rings. The first-order valence-electron chi connectivity index (χ1n) is 9.02. The first-order valence-corrected chi connectivity index (χ1v) is 9.40. The van der Waals surface area contributed by atoms with Gasteiger partial charge in [-0.2, -0.15) is 5.10 Å². The van der Waals surface area contributed by atoms with Crippen LogP contribution < -0.4 is 5.32 Å². The van der Waals surface area contributed by atoms with Crippen molar-refractivity contribution in [3.8, 4) is 11.3 Å². The number of rotatable bonds is 5. The van der Waals surface area contributed by atoms with Gasteiger partial charge in [-0.3, -0.25) is 4.79 Å². The summed E-state index contributed by atoms with van der Waals surface area (Å²) in [5.41, 5.74) is 5.22. The molecule has 0 aliphatic heterocycles. The first kappa shape index (κ1) is 18.3. The lowest BCUT2D eigenvalue weighted by Gasteiger charge is -2.13. The number of carbonyl (C=O) groups is 1. The van der Waals surface area contributed by atoms with Crippen LogP contribution in [0.15, 0.2) is 55.1 Å². The molecule has 4 aromatic rings. The topological polar surface area (TPSA) is 75.6 Å². The van der Waals surface area contributed by atoms with Gasteiger partial charge in [0.2, 0.25) is 5.91 Å². The summed E-state index contributed by atoms with van der Waals surface area (Å²) in [6.07, 6.45) is 2.94. The van der Waals surface area contributed by atoms with Gasteiger partial charge in [0.15, 0.2) is 0 Å². The molecule has 142 valence electrons. The fraction of sp³-hybridized carbons (Fsp3) is 0.190. The maximum atomic E-state index is 12.5. The molecule has 2 aromatic heterocycles. The fourth-order valence-electron chi connectivity index (χ4n) is 3.36. The molecule has 0 aliphatic carbocycles. The van der Waals surface area contributed by atoms with E-state index < -0.39 is 6.04 Å². The maximum Gasteiger partial charge on any atom is 0.244 e. The molecular weight excluding hydrogens is 374 g/mol. The van der Waals surface area contributed by atoms with Crippen molar-refractivity contribution in [2.45, 2.75) is 26.4 Å². The molecule has 7 heteroatoms. The smallest absolute Gasteiger partial charge is 0.244 e. The van der Waals surface area contributed by atoms with Crippen molar-refractivity contribution in [1.29, 1.82) is 0 Å². The number of H-pyrrole nitrogens is 1. The van der Waals surface area contributed by atoms with Crippen LogP contribution in [0.3, 0.4) is 0 Å². The molecule has 2 N–H and O–H groups in total. The van der Waals surface area contributed by atoms with Gasteiger partial charge in [0.1, 0.15) is 18.7 Å². The average molecular weight is 394 g/mol. The third kappa shape index (κ3) is 3.39. The lowest BCUT2D eigenvalue weighted by Crippen LogP contribution is -2.30. The van der Waals surface area contributed by atoms with Gasteiger partial charge in [-0.25, -0.2) is 9.67 Å². The van der Waals surface area contributed by atoms with E-state index in [1.807, 2.05) is 30.3 Å². The zero-order valence-corrected chi connectivity index (χ0v) is 16.4. The van der Waals surface area contributed by atoms with Crippen LogP contribution in [0.1, 0.15) is 24.1 Å². The lowest BCUT2D eigenvalue weighted by atomic mass is 10.1. The summed E-state index contributed by atoms with van der Waals surface area (Å²) >= 11 is 6.36. The molecule has 2 aromatic carbocycles. The number of hydrogen-bond acceptors (Lipinski definition) is 3. The zero-order chi connectivity index (χ0) is 19.7. The Balaban J connectivity index is 1.65. The van der Waals surface area contributed by atoms with Crippen LogP contribution in [-0.2, 0) is 11.3 Å². The molecular formula is C21H20ClN5O. The van der Waals surface area contributed by atoms with Crippen LogP contribution in [0.4, 0.5) is 0 Å². The predicted molar refractivity (Wildman–Crippen MR) is 110 cm³/mol. The third-order valence-electron chi connectivity index (χ3n) is 4.94. The van der Waals surface area contributed by atoms with Crippen LogP contribution in [0.5, 0.6) is 0 Å². The summed E-state index contributed by atoms with van der Waals surface area (Å²) in [4.78, 5) is 19.9. The number of benzene rings is 2. The Hall–Kier alpha value is -3.12. The van der Waals surface area contributed by atoms with E-state index in [4.69, 9.17) is 11.6 Å². The largest absolute Gasteiger partial charge is 0.354 e. The number of hydrogen-bond donors (Lipinski definition) is 2. The van der Waals surface area contributed by atoms with Gasteiger partial charge in [0, 0.05) is 22.6 Å². The van der Waals surface area contributed by atoms with Crippen LogP contribution in [0, 0.1) is 6.92 Å². The number of nitrogens with zero attached hydrogens (tertiary/aromatic N) is 3. The molecule has 0 bridgehead atoms. The van der Waals surface area contributed by atoms with Gasteiger partial charge in [0.25, 0.3) is 0 Å². The predicted octanol–water partition coefficient (Wildman–Crippen LogP) is 4.27. The normalized spacial score (nSPS) is 12.2. The molecule has 0 saturated carbocycles. The fourth-order valence-corrected chi connectivity index (χ4v) is 3.60. The minimum absolute atomic E-state index is 0.134. The Morgan fingerprint density at radius 2 is 2.07 bits per heavy atom. The SMILES string of the molecule is Cc1c(-c2ccccc2)[nH]c2c(CNC(=O)C(C)n3cncn3)cc(Cl)cc12. The third-order valence-corrected chi connectivity index (χ3v) is 5.16. The Kier molecular flexibility index (Phi) is 4.88. The van der Waals surface area contributed by atoms with E-state index in [1.54, 1.807) is 6.92 Å². The van der Waals surface area contributed by atoms with Gasteiger partial charge >= 0.3 is 0 Å². The van der Waals surface area contributed by atoms with Crippen LogP contribution in [-0.4, -0.2) is 25.7 Å². The molecule has 0 spiro atoms. The van der Waals surface area contributed by atoms with Crippen molar-refractivity contribution in [3.05, 3.63) is 71.3 Å². The second kappa shape index (κ2) is 7.48. The van der Waals surface area contributed by atoms with E-state index in [9.17, 15) is 4.79 Å². The summed E-state index contributed by atoms with van der Waals surface area (Å²) < 4.78 is 1.52. The van der Waals surface area contributed by atoms with Crippen molar-refractivity contribution >= 4 is 28.4 Å². The highest BCUT2D eigenvalue weighted by Gasteiger charge is 2.17. The molecule has 2 heterocycles. The maximum absolute atomic E-state index is 12.5. The quantitative estimate of drug-likeness (QED) is 0.531. The molecule has 1 amide bonds. The Morgan fingerprint density at radius 1 is 1.29 bits per heavy atom. The van der Waals surface area contributed by atoms with Crippen LogP contribution in [0.25, 0.3) is 22.2 Å². The zero-order valence-electron chi connectivity index (χ0n) is 15.6. The number of nitrogens with one attached hydrogen (secondary N) is 2.